The van der Waals surface area contributed by atoms with Crippen LogP contribution in [0.4, 0.5) is 0 Å². The average molecular weight is 346 g/mol. The zero-order valence-electron chi connectivity index (χ0n) is 16.2. The van der Waals surface area contributed by atoms with Gasteiger partial charge in [0.05, 0.1) is 6.04 Å². The van der Waals surface area contributed by atoms with Gasteiger partial charge in [-0.15, -0.1) is 0 Å². The Hall–Kier alpha value is -1.39. The highest BCUT2D eigenvalue weighted by Gasteiger charge is 2.33. The van der Waals surface area contributed by atoms with Crippen molar-refractivity contribution in [1.82, 2.24) is 10.2 Å². The maximum Gasteiger partial charge on any atom is 0.237 e. The number of carbonyl (C=O) groups is 1. The molecule has 3 atom stereocenters. The highest BCUT2D eigenvalue weighted by molar-refractivity contribution is 5.82. The standard InChI is InChI=1S/C21H35N3O/c1-15(2)20(22)21(25)23-18-12-8-9-13-19(18)24(16(3)4)14-17-10-6-5-7-11-17/h5-7,10-11,15-16,18-20H,8-9,12-14,22H2,1-4H3,(H,23,25)/t18-,19-,20+/m1/s1. The number of carbonyl (C=O) groups excluding carboxylic acids is 1. The Morgan fingerprint density at radius 3 is 2.40 bits per heavy atom. The third-order valence-electron chi connectivity index (χ3n) is 5.38. The molecule has 140 valence electrons. The summed E-state index contributed by atoms with van der Waals surface area (Å²) in [5.41, 5.74) is 7.38. The van der Waals surface area contributed by atoms with Crippen molar-refractivity contribution in [3.63, 3.8) is 0 Å². The molecule has 2 rings (SSSR count). The van der Waals surface area contributed by atoms with Crippen LogP contribution in [0.2, 0.25) is 0 Å². The Kier molecular flexibility index (Phi) is 7.45. The number of nitrogens with one attached hydrogen (secondary N) is 1. The van der Waals surface area contributed by atoms with Gasteiger partial charge in [0.25, 0.3) is 0 Å². The lowest BCUT2D eigenvalue weighted by molar-refractivity contribution is -0.124. The number of hydrogen-bond acceptors (Lipinski definition) is 3. The fourth-order valence-corrected chi connectivity index (χ4v) is 3.74. The zero-order chi connectivity index (χ0) is 18.4. The van der Waals surface area contributed by atoms with E-state index in [1.54, 1.807) is 0 Å². The molecule has 1 aromatic carbocycles. The lowest BCUT2D eigenvalue weighted by atomic mass is 9.87. The van der Waals surface area contributed by atoms with Gasteiger partial charge in [0, 0.05) is 24.7 Å². The quantitative estimate of drug-likeness (QED) is 0.797. The van der Waals surface area contributed by atoms with E-state index in [9.17, 15) is 4.79 Å². The van der Waals surface area contributed by atoms with E-state index in [2.05, 4.69) is 54.4 Å². The Morgan fingerprint density at radius 2 is 1.80 bits per heavy atom. The predicted octanol–water partition coefficient (Wildman–Crippen LogP) is 3.31. The van der Waals surface area contributed by atoms with E-state index < -0.39 is 6.04 Å². The van der Waals surface area contributed by atoms with Gasteiger partial charge in [-0.25, -0.2) is 0 Å². The minimum Gasteiger partial charge on any atom is -0.350 e. The molecule has 1 aliphatic rings. The number of nitrogens with two attached hydrogens (primary N) is 1. The monoisotopic (exact) mass is 345 g/mol. The van der Waals surface area contributed by atoms with E-state index in [1.165, 1.54) is 18.4 Å². The second-order valence-corrected chi connectivity index (χ2v) is 7.99. The Labute approximate surface area is 153 Å². The summed E-state index contributed by atoms with van der Waals surface area (Å²) in [7, 11) is 0. The van der Waals surface area contributed by atoms with Crippen molar-refractivity contribution in [2.24, 2.45) is 11.7 Å². The number of nitrogens with zero attached hydrogens (tertiary/aromatic N) is 1. The first-order valence-corrected chi connectivity index (χ1v) is 9.75. The van der Waals surface area contributed by atoms with Gasteiger partial charge < -0.3 is 11.1 Å². The fraction of sp³-hybridized carbons (Fsp3) is 0.667. The molecular weight excluding hydrogens is 310 g/mol. The lowest BCUT2D eigenvalue weighted by Gasteiger charge is -2.43. The normalized spacial score (nSPS) is 22.4. The van der Waals surface area contributed by atoms with Crippen molar-refractivity contribution < 1.29 is 4.79 Å². The first-order chi connectivity index (χ1) is 11.9. The molecule has 4 heteroatoms. The highest BCUT2D eigenvalue weighted by atomic mass is 16.2. The van der Waals surface area contributed by atoms with Crippen LogP contribution in [-0.4, -0.2) is 35.0 Å². The average Bonchev–Trinajstić information content (AvgIpc) is 2.60. The summed E-state index contributed by atoms with van der Waals surface area (Å²) in [5.74, 6) is 0.155. The van der Waals surface area contributed by atoms with E-state index in [0.29, 0.717) is 12.1 Å². The van der Waals surface area contributed by atoms with Gasteiger partial charge in [0.15, 0.2) is 0 Å². The van der Waals surface area contributed by atoms with Crippen LogP contribution in [0.15, 0.2) is 30.3 Å². The van der Waals surface area contributed by atoms with Crippen LogP contribution >= 0.6 is 0 Å². The molecule has 0 heterocycles. The van der Waals surface area contributed by atoms with E-state index in [-0.39, 0.29) is 17.9 Å². The number of rotatable bonds is 7. The van der Waals surface area contributed by atoms with Crippen LogP contribution in [0.1, 0.15) is 58.9 Å². The van der Waals surface area contributed by atoms with Gasteiger partial charge >= 0.3 is 0 Å². The van der Waals surface area contributed by atoms with Gasteiger partial charge in [-0.05, 0) is 38.2 Å². The summed E-state index contributed by atoms with van der Waals surface area (Å²) in [4.78, 5) is 15.0. The minimum atomic E-state index is -0.427. The van der Waals surface area contributed by atoms with Crippen molar-refractivity contribution in [3.05, 3.63) is 35.9 Å². The van der Waals surface area contributed by atoms with Crippen LogP contribution in [0.25, 0.3) is 0 Å². The number of hydrogen-bond donors (Lipinski definition) is 2. The van der Waals surface area contributed by atoms with Gasteiger partial charge in [-0.1, -0.05) is 57.0 Å². The number of amides is 1. The molecule has 0 unspecified atom stereocenters. The third-order valence-corrected chi connectivity index (χ3v) is 5.38. The van der Waals surface area contributed by atoms with Crippen molar-refractivity contribution in [1.29, 1.82) is 0 Å². The molecule has 0 aliphatic heterocycles. The van der Waals surface area contributed by atoms with Gasteiger partial charge in [0.2, 0.25) is 5.91 Å². The smallest absolute Gasteiger partial charge is 0.237 e. The molecule has 1 amide bonds. The maximum absolute atomic E-state index is 12.5. The SMILES string of the molecule is CC(C)[C@H](N)C(=O)N[C@@H]1CCCC[C@H]1N(Cc1ccccc1)C(C)C. The topological polar surface area (TPSA) is 58.4 Å². The van der Waals surface area contributed by atoms with Crippen molar-refractivity contribution in [2.45, 2.75) is 84.1 Å². The lowest BCUT2D eigenvalue weighted by Crippen LogP contribution is -2.57. The van der Waals surface area contributed by atoms with E-state index in [1.807, 2.05) is 13.8 Å². The number of benzene rings is 1. The van der Waals surface area contributed by atoms with E-state index in [4.69, 9.17) is 5.73 Å². The second kappa shape index (κ2) is 9.35. The molecule has 3 N–H and O–H groups in total. The molecule has 4 nitrogen and oxygen atoms in total. The van der Waals surface area contributed by atoms with Crippen molar-refractivity contribution in [3.8, 4) is 0 Å². The Balaban J connectivity index is 2.11. The minimum absolute atomic E-state index is 0.00434. The fourth-order valence-electron chi connectivity index (χ4n) is 3.74. The summed E-state index contributed by atoms with van der Waals surface area (Å²) in [6.45, 7) is 9.41. The molecule has 0 bridgehead atoms. The molecule has 1 fully saturated rings. The van der Waals surface area contributed by atoms with E-state index in [0.717, 1.165) is 19.4 Å². The Morgan fingerprint density at radius 1 is 1.16 bits per heavy atom. The molecule has 25 heavy (non-hydrogen) atoms. The largest absolute Gasteiger partial charge is 0.350 e. The molecule has 0 spiro atoms. The van der Waals surface area contributed by atoms with Crippen molar-refractivity contribution >= 4 is 5.91 Å². The molecular formula is C21H35N3O. The summed E-state index contributed by atoms with van der Waals surface area (Å²) in [6, 6.07) is 11.2. The molecule has 0 radical (unpaired) electrons. The van der Waals surface area contributed by atoms with E-state index >= 15 is 0 Å². The van der Waals surface area contributed by atoms with Gasteiger partial charge in [0.1, 0.15) is 0 Å². The van der Waals surface area contributed by atoms with Crippen LogP contribution in [0.3, 0.4) is 0 Å². The summed E-state index contributed by atoms with van der Waals surface area (Å²) in [5, 5.41) is 3.27. The molecule has 0 aromatic heterocycles. The Bertz CT molecular complexity index is 529. The van der Waals surface area contributed by atoms with Gasteiger partial charge in [-0.3, -0.25) is 9.69 Å². The third kappa shape index (κ3) is 5.55. The molecule has 1 saturated carbocycles. The van der Waals surface area contributed by atoms with Crippen LogP contribution < -0.4 is 11.1 Å². The summed E-state index contributed by atoms with van der Waals surface area (Å²) < 4.78 is 0. The first kappa shape index (κ1) is 19.9. The molecule has 1 aliphatic carbocycles. The summed E-state index contributed by atoms with van der Waals surface area (Å²) in [6.07, 6.45) is 4.58. The highest BCUT2D eigenvalue weighted by Crippen LogP contribution is 2.26. The summed E-state index contributed by atoms with van der Waals surface area (Å²) >= 11 is 0. The first-order valence-electron chi connectivity index (χ1n) is 9.75. The molecule has 0 saturated heterocycles. The second-order valence-electron chi connectivity index (χ2n) is 7.99. The van der Waals surface area contributed by atoms with Crippen LogP contribution in [0, 0.1) is 5.92 Å². The van der Waals surface area contributed by atoms with Crippen LogP contribution in [0.5, 0.6) is 0 Å². The van der Waals surface area contributed by atoms with Crippen LogP contribution in [-0.2, 0) is 11.3 Å². The van der Waals surface area contributed by atoms with Crippen molar-refractivity contribution in [2.75, 3.05) is 0 Å². The maximum atomic E-state index is 12.5. The predicted molar refractivity (Wildman–Crippen MR) is 104 cm³/mol. The van der Waals surface area contributed by atoms with Gasteiger partial charge in [-0.2, -0.15) is 0 Å². The molecule has 1 aromatic rings. The zero-order valence-corrected chi connectivity index (χ0v) is 16.2.